The van der Waals surface area contributed by atoms with Crippen LogP contribution >= 0.6 is 0 Å². The van der Waals surface area contributed by atoms with E-state index in [-0.39, 0.29) is 25.3 Å². The van der Waals surface area contributed by atoms with E-state index in [9.17, 15) is 32.4 Å². The molecule has 1 fully saturated rings. The quantitative estimate of drug-likeness (QED) is 0.170. The fourth-order valence-corrected chi connectivity index (χ4v) is 2.91. The summed E-state index contributed by atoms with van der Waals surface area (Å²) in [5.74, 6) is -2.22. The van der Waals surface area contributed by atoms with Crippen LogP contribution < -0.4 is 25.5 Å². The molecule has 7 N–H and O–H groups in total. The molecule has 2 rings (SSSR count). The summed E-state index contributed by atoms with van der Waals surface area (Å²) >= 11 is 0. The zero-order valence-electron chi connectivity index (χ0n) is 14.5. The third-order valence-electron chi connectivity index (χ3n) is 3.53. The summed E-state index contributed by atoms with van der Waals surface area (Å²) < 4.78 is 27.0. The van der Waals surface area contributed by atoms with Crippen LogP contribution in [0.3, 0.4) is 0 Å². The molecule has 0 radical (unpaired) electrons. The highest BCUT2D eigenvalue weighted by molar-refractivity contribution is 7.88. The van der Waals surface area contributed by atoms with Gasteiger partial charge in [0.2, 0.25) is 5.43 Å². The summed E-state index contributed by atoms with van der Waals surface area (Å²) in [5, 5.41) is 21.7. The summed E-state index contributed by atoms with van der Waals surface area (Å²) in [4.78, 5) is 59.6. The van der Waals surface area contributed by atoms with Crippen molar-refractivity contribution in [2.24, 2.45) is 0 Å². The van der Waals surface area contributed by atoms with Crippen molar-refractivity contribution in [3.8, 4) is 5.75 Å². The molecular weight excluding hydrogens is 416 g/mol. The van der Waals surface area contributed by atoms with Gasteiger partial charge >= 0.3 is 22.3 Å². The molecule has 1 aliphatic rings. The second-order valence-corrected chi connectivity index (χ2v) is 7.11. The maximum atomic E-state index is 11.8. The molecule has 0 bridgehead atoms. The molecule has 0 aromatic carbocycles. The normalized spacial score (nSPS) is 15.9. The second-order valence-electron chi connectivity index (χ2n) is 5.61. The topological polar surface area (TPSA) is 227 Å². The maximum absolute atomic E-state index is 11.8. The average Bonchev–Trinajstić information content (AvgIpc) is 2.62. The van der Waals surface area contributed by atoms with Gasteiger partial charge in [0.25, 0.3) is 11.8 Å². The standard InChI is InChI=1S/C13H16N6O9S/c20-8-3-6(15-4-9(8)21)10(22)14-1-2-16-29(27,28)18-12(24)19-5-7(11(19)23)17-13(25)26/h3-4,7,16-17,21H,1-2,5H2,(H,14,22)(H,15,20)(H,18,24)(H,25,26). The third-order valence-corrected chi connectivity index (χ3v) is 4.56. The molecule has 0 aliphatic carbocycles. The SMILES string of the molecule is O=C(O)NC1CN(C(=O)NS(=O)(=O)NCCNC(=O)c2cc(=O)c(O)c[nH]2)C1=O. The van der Waals surface area contributed by atoms with Crippen LogP contribution in [-0.4, -0.2) is 78.1 Å². The maximum Gasteiger partial charge on any atom is 0.405 e. The van der Waals surface area contributed by atoms with Crippen LogP contribution in [0.5, 0.6) is 5.75 Å². The molecular formula is C13H16N6O9S. The number of aromatic amines is 1. The predicted molar refractivity (Wildman–Crippen MR) is 93.2 cm³/mol. The van der Waals surface area contributed by atoms with Gasteiger partial charge < -0.3 is 25.8 Å². The number of pyridine rings is 1. The van der Waals surface area contributed by atoms with Gasteiger partial charge in [-0.3, -0.25) is 19.3 Å². The predicted octanol–water partition coefficient (Wildman–Crippen LogP) is -3.17. The van der Waals surface area contributed by atoms with E-state index < -0.39 is 51.4 Å². The van der Waals surface area contributed by atoms with Crippen molar-refractivity contribution in [1.82, 2.24) is 30.0 Å². The highest BCUT2D eigenvalue weighted by Gasteiger charge is 2.42. The molecule has 1 saturated heterocycles. The molecule has 1 aromatic rings. The monoisotopic (exact) mass is 432 g/mol. The number of urea groups is 1. The summed E-state index contributed by atoms with van der Waals surface area (Å²) in [5.41, 5.74) is -0.941. The Morgan fingerprint density at radius 1 is 1.24 bits per heavy atom. The van der Waals surface area contributed by atoms with Crippen molar-refractivity contribution < 1.29 is 37.8 Å². The van der Waals surface area contributed by atoms with E-state index in [0.29, 0.717) is 4.90 Å². The Bertz CT molecular complexity index is 1000. The zero-order valence-corrected chi connectivity index (χ0v) is 15.3. The summed E-state index contributed by atoms with van der Waals surface area (Å²) in [6.45, 7) is -0.884. The Kier molecular flexibility index (Phi) is 6.39. The van der Waals surface area contributed by atoms with Crippen molar-refractivity contribution in [2.45, 2.75) is 6.04 Å². The number of likely N-dealkylation sites (tertiary alicyclic amines) is 1. The molecule has 1 atom stereocenters. The highest BCUT2D eigenvalue weighted by atomic mass is 32.2. The van der Waals surface area contributed by atoms with E-state index in [1.165, 1.54) is 0 Å². The first-order chi connectivity index (χ1) is 13.5. The molecule has 0 saturated carbocycles. The lowest BCUT2D eigenvalue weighted by Gasteiger charge is -2.35. The molecule has 158 valence electrons. The first-order valence-electron chi connectivity index (χ1n) is 7.82. The number of carbonyl (C=O) groups excluding carboxylic acids is 3. The van der Waals surface area contributed by atoms with Gasteiger partial charge in [0, 0.05) is 25.4 Å². The molecule has 15 nitrogen and oxygen atoms in total. The van der Waals surface area contributed by atoms with Gasteiger partial charge in [-0.25, -0.2) is 14.3 Å². The van der Waals surface area contributed by atoms with Crippen molar-refractivity contribution in [1.29, 1.82) is 0 Å². The second kappa shape index (κ2) is 8.57. The fourth-order valence-electron chi connectivity index (χ4n) is 2.12. The van der Waals surface area contributed by atoms with E-state index in [1.54, 1.807) is 4.72 Å². The van der Waals surface area contributed by atoms with Gasteiger partial charge in [-0.1, -0.05) is 0 Å². The zero-order chi connectivity index (χ0) is 21.8. The molecule has 0 spiro atoms. The molecule has 16 heteroatoms. The highest BCUT2D eigenvalue weighted by Crippen LogP contribution is 2.10. The summed E-state index contributed by atoms with van der Waals surface area (Å²) in [6, 6.07) is -1.54. The van der Waals surface area contributed by atoms with Crippen LogP contribution in [0.1, 0.15) is 10.5 Å². The molecule has 29 heavy (non-hydrogen) atoms. The number of carbonyl (C=O) groups is 4. The molecule has 1 unspecified atom stereocenters. The van der Waals surface area contributed by atoms with Gasteiger partial charge in [-0.2, -0.15) is 13.1 Å². The fraction of sp³-hybridized carbons (Fsp3) is 0.308. The number of aromatic nitrogens is 1. The van der Waals surface area contributed by atoms with E-state index in [2.05, 4.69) is 10.3 Å². The number of hydrogen-bond donors (Lipinski definition) is 7. The molecule has 1 aliphatic heterocycles. The van der Waals surface area contributed by atoms with Crippen LogP contribution in [0.4, 0.5) is 9.59 Å². The lowest BCUT2D eigenvalue weighted by atomic mass is 10.1. The first-order valence-corrected chi connectivity index (χ1v) is 9.30. The van der Waals surface area contributed by atoms with E-state index in [1.807, 2.05) is 10.0 Å². The number of aromatic hydroxyl groups is 1. The number of imide groups is 1. The first kappa shape index (κ1) is 21.6. The van der Waals surface area contributed by atoms with Crippen LogP contribution in [-0.2, 0) is 15.0 Å². The van der Waals surface area contributed by atoms with Crippen molar-refractivity contribution in [3.05, 3.63) is 28.2 Å². The average molecular weight is 432 g/mol. The van der Waals surface area contributed by atoms with E-state index in [4.69, 9.17) is 10.2 Å². The van der Waals surface area contributed by atoms with Crippen molar-refractivity contribution in [3.63, 3.8) is 0 Å². The van der Waals surface area contributed by atoms with Gasteiger partial charge in [0.1, 0.15) is 11.7 Å². The van der Waals surface area contributed by atoms with Crippen LogP contribution in [0.15, 0.2) is 17.1 Å². The number of β-lactam (4-membered cyclic amide) rings is 1. The number of nitrogens with zero attached hydrogens (tertiary/aromatic N) is 1. The van der Waals surface area contributed by atoms with Gasteiger partial charge in [-0.05, 0) is 0 Å². The number of rotatable bonds is 7. The Morgan fingerprint density at radius 2 is 1.93 bits per heavy atom. The van der Waals surface area contributed by atoms with Crippen molar-refractivity contribution in [2.75, 3.05) is 19.6 Å². The minimum Gasteiger partial charge on any atom is -0.503 e. The lowest BCUT2D eigenvalue weighted by molar-refractivity contribution is -0.138. The number of amides is 5. The minimum absolute atomic E-state index is 0.162. The number of H-pyrrole nitrogens is 1. The van der Waals surface area contributed by atoms with E-state index in [0.717, 1.165) is 12.3 Å². The Balaban J connectivity index is 1.75. The van der Waals surface area contributed by atoms with Crippen LogP contribution in [0.2, 0.25) is 0 Å². The Morgan fingerprint density at radius 3 is 2.52 bits per heavy atom. The van der Waals surface area contributed by atoms with Gasteiger partial charge in [0.15, 0.2) is 5.75 Å². The number of hydrogen-bond acceptors (Lipinski definition) is 8. The van der Waals surface area contributed by atoms with Gasteiger partial charge in [0.05, 0.1) is 6.54 Å². The summed E-state index contributed by atoms with van der Waals surface area (Å²) in [6.07, 6.45) is -0.542. The van der Waals surface area contributed by atoms with Crippen LogP contribution in [0, 0.1) is 0 Å². The molecule has 2 heterocycles. The van der Waals surface area contributed by atoms with E-state index >= 15 is 0 Å². The number of carboxylic acid groups (broad SMARTS) is 1. The van der Waals surface area contributed by atoms with Gasteiger partial charge in [-0.15, -0.1) is 0 Å². The molecule has 5 amide bonds. The third kappa shape index (κ3) is 5.66. The Labute approximate surface area is 162 Å². The number of nitrogens with one attached hydrogen (secondary N) is 5. The lowest BCUT2D eigenvalue weighted by Crippen LogP contribution is -2.67. The Hall–Kier alpha value is -3.66. The smallest absolute Gasteiger partial charge is 0.405 e. The molecule has 1 aromatic heterocycles. The largest absolute Gasteiger partial charge is 0.503 e. The van der Waals surface area contributed by atoms with Crippen LogP contribution in [0.25, 0.3) is 0 Å². The summed E-state index contributed by atoms with van der Waals surface area (Å²) in [7, 11) is -4.36. The minimum atomic E-state index is -4.36. The van der Waals surface area contributed by atoms with Crippen molar-refractivity contribution >= 4 is 34.1 Å².